The molecule has 1 atom stereocenters. The third-order valence-corrected chi connectivity index (χ3v) is 4.59. The SMILES string of the molecule is COB(OC)c1ccc(C[C@@H](NC(=O)Cc2ccc(C(F)(F)F)cc2)C(=O)OC)cc1. The molecule has 0 bridgehead atoms. The minimum atomic E-state index is -4.45. The van der Waals surface area contributed by atoms with Crippen molar-refractivity contribution in [2.75, 3.05) is 21.3 Å². The van der Waals surface area contributed by atoms with E-state index >= 15 is 0 Å². The van der Waals surface area contributed by atoms with E-state index in [2.05, 4.69) is 5.32 Å². The molecule has 0 spiro atoms. The maximum Gasteiger partial charge on any atom is 0.493 e. The zero-order chi connectivity index (χ0) is 23.0. The van der Waals surface area contributed by atoms with Crippen molar-refractivity contribution in [1.29, 1.82) is 0 Å². The van der Waals surface area contributed by atoms with Crippen molar-refractivity contribution in [2.45, 2.75) is 25.1 Å². The molecular weight excluding hydrogens is 414 g/mol. The Kier molecular flexibility index (Phi) is 8.64. The molecule has 2 aromatic carbocycles. The summed E-state index contributed by atoms with van der Waals surface area (Å²) in [6.45, 7) is 0. The number of ether oxygens (including phenoxy) is 1. The first kappa shape index (κ1) is 24.4. The lowest BCUT2D eigenvalue weighted by Crippen LogP contribution is -2.43. The van der Waals surface area contributed by atoms with Crippen LogP contribution >= 0.6 is 0 Å². The van der Waals surface area contributed by atoms with E-state index in [-0.39, 0.29) is 12.8 Å². The van der Waals surface area contributed by atoms with Crippen LogP contribution in [-0.4, -0.2) is 46.4 Å². The van der Waals surface area contributed by atoms with Gasteiger partial charge in [0, 0.05) is 20.6 Å². The molecule has 0 saturated heterocycles. The number of rotatable bonds is 9. The highest BCUT2D eigenvalue weighted by Gasteiger charge is 2.30. The Balaban J connectivity index is 2.04. The van der Waals surface area contributed by atoms with Gasteiger partial charge in [0.2, 0.25) is 5.91 Å². The zero-order valence-electron chi connectivity index (χ0n) is 17.4. The smallest absolute Gasteiger partial charge is 0.467 e. The normalized spacial score (nSPS) is 12.2. The molecule has 0 aromatic heterocycles. The maximum atomic E-state index is 12.7. The molecule has 0 aliphatic rings. The van der Waals surface area contributed by atoms with E-state index in [4.69, 9.17) is 14.0 Å². The Morgan fingerprint density at radius 2 is 1.48 bits per heavy atom. The van der Waals surface area contributed by atoms with Crippen LogP contribution in [0.15, 0.2) is 48.5 Å². The molecule has 31 heavy (non-hydrogen) atoms. The molecular formula is C21H23BF3NO5. The standard InChI is InChI=1S/C21H23BF3NO5/c1-29-20(28)18(12-14-6-10-17(11-7-14)22(30-2)31-3)26-19(27)13-15-4-8-16(9-5-15)21(23,24)25/h4-11,18H,12-13H2,1-3H3,(H,26,27)/t18-/m1/s1. The Morgan fingerprint density at radius 1 is 0.935 bits per heavy atom. The topological polar surface area (TPSA) is 73.9 Å². The maximum absolute atomic E-state index is 12.7. The number of hydrogen-bond donors (Lipinski definition) is 1. The third-order valence-electron chi connectivity index (χ3n) is 4.59. The van der Waals surface area contributed by atoms with Crippen LogP contribution < -0.4 is 10.8 Å². The minimum absolute atomic E-state index is 0.173. The summed E-state index contributed by atoms with van der Waals surface area (Å²) < 4.78 is 53.1. The van der Waals surface area contributed by atoms with Crippen LogP contribution in [0, 0.1) is 0 Å². The molecule has 1 amide bonds. The molecule has 166 valence electrons. The average Bonchev–Trinajstić information content (AvgIpc) is 2.74. The highest BCUT2D eigenvalue weighted by atomic mass is 19.4. The Hall–Kier alpha value is -2.85. The second kappa shape index (κ2) is 11.0. The largest absolute Gasteiger partial charge is 0.493 e. The van der Waals surface area contributed by atoms with Gasteiger partial charge >= 0.3 is 19.3 Å². The predicted molar refractivity (Wildman–Crippen MR) is 109 cm³/mol. The molecule has 10 heteroatoms. The molecule has 0 aliphatic carbocycles. The molecule has 1 N–H and O–H groups in total. The number of esters is 1. The minimum Gasteiger partial charge on any atom is -0.467 e. The van der Waals surface area contributed by atoms with Gasteiger partial charge in [-0.3, -0.25) is 4.79 Å². The van der Waals surface area contributed by atoms with E-state index in [1.54, 1.807) is 24.3 Å². The predicted octanol–water partition coefficient (Wildman–Crippen LogP) is 2.14. The van der Waals surface area contributed by atoms with E-state index in [1.807, 2.05) is 0 Å². The van der Waals surface area contributed by atoms with Crippen LogP contribution in [-0.2, 0) is 42.7 Å². The van der Waals surface area contributed by atoms with Crippen molar-refractivity contribution in [2.24, 2.45) is 0 Å². The van der Waals surface area contributed by atoms with Crippen molar-refractivity contribution < 1.29 is 36.8 Å². The van der Waals surface area contributed by atoms with Crippen molar-refractivity contribution in [1.82, 2.24) is 5.32 Å². The van der Waals surface area contributed by atoms with Crippen molar-refractivity contribution >= 4 is 24.5 Å². The van der Waals surface area contributed by atoms with Gasteiger partial charge < -0.3 is 19.4 Å². The van der Waals surface area contributed by atoms with Gasteiger partial charge in [0.15, 0.2) is 0 Å². The molecule has 0 unspecified atom stereocenters. The summed E-state index contributed by atoms with van der Waals surface area (Å²) in [5.74, 6) is -1.14. The van der Waals surface area contributed by atoms with Crippen LogP contribution in [0.3, 0.4) is 0 Å². The van der Waals surface area contributed by atoms with Crippen LogP contribution in [0.1, 0.15) is 16.7 Å². The number of nitrogens with one attached hydrogen (secondary N) is 1. The van der Waals surface area contributed by atoms with E-state index in [0.717, 1.165) is 23.2 Å². The number of hydrogen-bond acceptors (Lipinski definition) is 5. The number of amides is 1. The van der Waals surface area contributed by atoms with E-state index < -0.39 is 36.8 Å². The summed E-state index contributed by atoms with van der Waals surface area (Å²) in [5, 5.41) is 2.58. The Morgan fingerprint density at radius 3 is 1.97 bits per heavy atom. The number of carbonyl (C=O) groups is 2. The average molecular weight is 437 g/mol. The van der Waals surface area contributed by atoms with Gasteiger partial charge in [-0.2, -0.15) is 13.2 Å². The molecule has 0 saturated carbocycles. The number of alkyl halides is 3. The Labute approximate surface area is 178 Å². The molecule has 2 rings (SSSR count). The molecule has 0 heterocycles. The molecule has 0 fully saturated rings. The number of benzene rings is 2. The lowest BCUT2D eigenvalue weighted by atomic mass is 9.78. The van der Waals surface area contributed by atoms with Gasteiger partial charge in [0.25, 0.3) is 0 Å². The summed E-state index contributed by atoms with van der Waals surface area (Å²) in [5.41, 5.74) is 1.15. The summed E-state index contributed by atoms with van der Waals surface area (Å²) in [4.78, 5) is 24.5. The summed E-state index contributed by atoms with van der Waals surface area (Å²) in [6.07, 6.45) is -4.44. The monoisotopic (exact) mass is 437 g/mol. The quantitative estimate of drug-likeness (QED) is 0.481. The first-order valence-corrected chi connectivity index (χ1v) is 9.35. The first-order valence-electron chi connectivity index (χ1n) is 9.35. The highest BCUT2D eigenvalue weighted by Crippen LogP contribution is 2.29. The molecule has 0 aliphatic heterocycles. The van der Waals surface area contributed by atoms with Gasteiger partial charge in [-0.05, 0) is 28.7 Å². The first-order chi connectivity index (χ1) is 14.7. The van der Waals surface area contributed by atoms with Crippen molar-refractivity contribution in [3.8, 4) is 0 Å². The van der Waals surface area contributed by atoms with Crippen LogP contribution in [0.5, 0.6) is 0 Å². The van der Waals surface area contributed by atoms with Crippen molar-refractivity contribution in [3.63, 3.8) is 0 Å². The van der Waals surface area contributed by atoms with Gasteiger partial charge in [0.05, 0.1) is 19.1 Å². The Bertz CT molecular complexity index is 868. The van der Waals surface area contributed by atoms with E-state index in [9.17, 15) is 22.8 Å². The third kappa shape index (κ3) is 7.11. The fraction of sp³-hybridized carbons (Fsp3) is 0.333. The zero-order valence-corrected chi connectivity index (χ0v) is 17.4. The van der Waals surface area contributed by atoms with E-state index in [0.29, 0.717) is 5.56 Å². The van der Waals surface area contributed by atoms with Crippen LogP contribution in [0.25, 0.3) is 0 Å². The highest BCUT2D eigenvalue weighted by molar-refractivity contribution is 6.61. The number of methoxy groups -OCH3 is 1. The van der Waals surface area contributed by atoms with Gasteiger partial charge in [0.1, 0.15) is 6.04 Å². The van der Waals surface area contributed by atoms with Gasteiger partial charge in [-0.1, -0.05) is 36.4 Å². The van der Waals surface area contributed by atoms with Crippen LogP contribution in [0.2, 0.25) is 0 Å². The molecule has 0 radical (unpaired) electrons. The lowest BCUT2D eigenvalue weighted by molar-refractivity contribution is -0.145. The summed E-state index contributed by atoms with van der Waals surface area (Å²) in [7, 11) is 3.72. The second-order valence-electron chi connectivity index (χ2n) is 6.76. The molecule has 2 aromatic rings. The fourth-order valence-corrected chi connectivity index (χ4v) is 2.99. The van der Waals surface area contributed by atoms with Gasteiger partial charge in [-0.25, -0.2) is 4.79 Å². The number of carbonyl (C=O) groups excluding carboxylic acids is 2. The second-order valence-corrected chi connectivity index (χ2v) is 6.76. The van der Waals surface area contributed by atoms with Crippen LogP contribution in [0.4, 0.5) is 13.2 Å². The van der Waals surface area contributed by atoms with Crippen molar-refractivity contribution in [3.05, 3.63) is 65.2 Å². The van der Waals surface area contributed by atoms with Gasteiger partial charge in [-0.15, -0.1) is 0 Å². The number of halogens is 3. The summed E-state index contributed by atoms with van der Waals surface area (Å²) in [6, 6.07) is 10.5. The summed E-state index contributed by atoms with van der Waals surface area (Å²) >= 11 is 0. The fourth-order valence-electron chi connectivity index (χ4n) is 2.99. The van der Waals surface area contributed by atoms with E-state index in [1.165, 1.54) is 33.5 Å². The lowest BCUT2D eigenvalue weighted by Gasteiger charge is -2.17. The molecule has 6 nitrogen and oxygen atoms in total.